The van der Waals surface area contributed by atoms with Crippen LogP contribution in [-0.2, 0) is 0 Å². The van der Waals surface area contributed by atoms with Gasteiger partial charge in [0.05, 0.1) is 6.10 Å². The zero-order valence-corrected chi connectivity index (χ0v) is 16.2. The number of rotatable bonds is 4. The molecule has 1 aromatic rings. The molecule has 0 radical (unpaired) electrons. The van der Waals surface area contributed by atoms with E-state index >= 15 is 0 Å². The van der Waals surface area contributed by atoms with Gasteiger partial charge in [-0.15, -0.1) is 0 Å². The van der Waals surface area contributed by atoms with Crippen LogP contribution in [0.2, 0.25) is 6.82 Å². The molecule has 1 fully saturated rings. The van der Waals surface area contributed by atoms with Crippen LogP contribution in [0.1, 0.15) is 52.0 Å². The summed E-state index contributed by atoms with van der Waals surface area (Å²) in [5.74, 6) is 1.80. The molecule has 0 saturated heterocycles. The Labute approximate surface area is 153 Å². The molecule has 3 rings (SSSR count). The summed E-state index contributed by atoms with van der Waals surface area (Å²) in [6.07, 6.45) is 7.44. The Morgan fingerprint density at radius 3 is 2.24 bits per heavy atom. The molecule has 0 aromatic heterocycles. The van der Waals surface area contributed by atoms with Crippen LogP contribution >= 0.6 is 0 Å². The summed E-state index contributed by atoms with van der Waals surface area (Å²) in [5, 5.41) is 9.68. The fraction of sp³-hybridized carbons (Fsp3) is 0.619. The predicted molar refractivity (Wildman–Crippen MR) is 106 cm³/mol. The summed E-state index contributed by atoms with van der Waals surface area (Å²) in [6, 6.07) is 8.48. The van der Waals surface area contributed by atoms with E-state index in [2.05, 4.69) is 51.1 Å². The van der Waals surface area contributed by atoms with E-state index in [1.54, 1.807) is 0 Å². The van der Waals surface area contributed by atoms with Gasteiger partial charge in [-0.1, -0.05) is 39.0 Å². The monoisotopic (exact) mass is 341 g/mol. The van der Waals surface area contributed by atoms with Crippen molar-refractivity contribution in [2.45, 2.75) is 59.4 Å². The van der Waals surface area contributed by atoms with E-state index in [4.69, 9.17) is 4.74 Å². The minimum atomic E-state index is -0.389. The summed E-state index contributed by atoms with van der Waals surface area (Å²) in [6.45, 7) is 10.5. The van der Waals surface area contributed by atoms with Crippen molar-refractivity contribution >= 4 is 12.6 Å². The van der Waals surface area contributed by atoms with E-state index in [0.717, 1.165) is 37.6 Å². The third-order valence-corrected chi connectivity index (χ3v) is 5.90. The largest absolute Gasteiger partial charge is 0.490 e. The molecule has 136 valence electrons. The highest BCUT2D eigenvalue weighted by Gasteiger charge is 2.30. The molecule has 1 heterocycles. The van der Waals surface area contributed by atoms with Crippen LogP contribution in [0, 0.1) is 11.3 Å². The maximum Gasteiger partial charge on any atom is 0.376 e. The average Bonchev–Trinajstić information content (AvgIpc) is 3.05. The van der Waals surface area contributed by atoms with Gasteiger partial charge in [-0.2, -0.15) is 0 Å². The number of benzene rings is 1. The number of ether oxygens (including phenoxy) is 1. The normalized spacial score (nSPS) is 24.9. The second-order valence-corrected chi connectivity index (χ2v) is 8.77. The van der Waals surface area contributed by atoms with E-state index in [1.165, 1.54) is 24.0 Å². The van der Waals surface area contributed by atoms with Crippen molar-refractivity contribution in [1.82, 2.24) is 4.81 Å². The van der Waals surface area contributed by atoms with Crippen LogP contribution in [0.25, 0.3) is 5.57 Å². The van der Waals surface area contributed by atoms with E-state index in [-0.39, 0.29) is 7.05 Å². The van der Waals surface area contributed by atoms with Crippen LogP contribution in [0.3, 0.4) is 0 Å². The van der Waals surface area contributed by atoms with E-state index < -0.39 is 0 Å². The lowest BCUT2D eigenvalue weighted by Crippen LogP contribution is -2.35. The van der Waals surface area contributed by atoms with Gasteiger partial charge in [-0.05, 0) is 67.1 Å². The second kappa shape index (κ2) is 7.55. The van der Waals surface area contributed by atoms with Gasteiger partial charge >= 0.3 is 7.05 Å². The van der Waals surface area contributed by atoms with Gasteiger partial charge in [-0.25, -0.2) is 0 Å². The van der Waals surface area contributed by atoms with Gasteiger partial charge in [0, 0.05) is 13.1 Å². The summed E-state index contributed by atoms with van der Waals surface area (Å²) in [7, 11) is -0.389. The highest BCUT2D eigenvalue weighted by molar-refractivity contribution is 6.45. The molecule has 1 aromatic carbocycles. The van der Waals surface area contributed by atoms with Crippen molar-refractivity contribution in [2.75, 3.05) is 13.1 Å². The molecule has 0 atom stereocenters. The molecule has 2 aliphatic rings. The highest BCUT2D eigenvalue weighted by Crippen LogP contribution is 2.38. The van der Waals surface area contributed by atoms with Crippen molar-refractivity contribution in [1.29, 1.82) is 0 Å². The van der Waals surface area contributed by atoms with Crippen molar-refractivity contribution in [3.05, 3.63) is 35.9 Å². The molecule has 0 bridgehead atoms. The Hall–Kier alpha value is -1.26. The Balaban J connectivity index is 1.52. The number of hydrogen-bond acceptors (Lipinski definition) is 3. The lowest BCUT2D eigenvalue weighted by atomic mass is 9.72. The molecule has 1 saturated carbocycles. The maximum atomic E-state index is 9.68. The maximum absolute atomic E-state index is 9.68. The minimum absolute atomic E-state index is 0.362. The zero-order chi connectivity index (χ0) is 18.0. The molecular weight excluding hydrogens is 309 g/mol. The first-order valence-electron chi connectivity index (χ1n) is 9.71. The average molecular weight is 341 g/mol. The molecule has 1 N–H and O–H groups in total. The SMILES string of the molecule is CB(O)N1CC=C(c2ccc(O[C@H]3CC[C@H](C(C)(C)C)CC3)cc2)C1. The molecule has 0 unspecified atom stereocenters. The van der Waals surface area contributed by atoms with Gasteiger partial charge in [0.1, 0.15) is 5.75 Å². The lowest BCUT2D eigenvalue weighted by Gasteiger charge is -2.36. The molecular formula is C21H32BNO2. The Bertz CT molecular complexity index is 595. The van der Waals surface area contributed by atoms with Crippen LogP contribution in [0.5, 0.6) is 5.75 Å². The van der Waals surface area contributed by atoms with Crippen molar-refractivity contribution in [3.63, 3.8) is 0 Å². The van der Waals surface area contributed by atoms with Crippen molar-refractivity contribution in [2.24, 2.45) is 11.3 Å². The predicted octanol–water partition coefficient (Wildman–Crippen LogP) is 4.48. The first-order chi connectivity index (χ1) is 11.8. The topological polar surface area (TPSA) is 32.7 Å². The molecule has 1 aliphatic heterocycles. The van der Waals surface area contributed by atoms with Crippen LogP contribution in [0.15, 0.2) is 30.3 Å². The van der Waals surface area contributed by atoms with Gasteiger partial charge in [0.15, 0.2) is 0 Å². The quantitative estimate of drug-likeness (QED) is 0.820. The summed E-state index contributed by atoms with van der Waals surface area (Å²) < 4.78 is 6.22. The Morgan fingerprint density at radius 2 is 1.72 bits per heavy atom. The fourth-order valence-corrected chi connectivity index (χ4v) is 4.06. The van der Waals surface area contributed by atoms with Gasteiger partial charge < -0.3 is 14.6 Å². The van der Waals surface area contributed by atoms with E-state index in [0.29, 0.717) is 11.5 Å². The lowest BCUT2D eigenvalue weighted by molar-refractivity contribution is 0.0882. The van der Waals surface area contributed by atoms with Crippen LogP contribution in [-0.4, -0.2) is 36.1 Å². The van der Waals surface area contributed by atoms with Gasteiger partial charge in [-0.3, -0.25) is 0 Å². The first-order valence-corrected chi connectivity index (χ1v) is 9.71. The minimum Gasteiger partial charge on any atom is -0.490 e. The third-order valence-electron chi connectivity index (χ3n) is 5.90. The molecule has 0 spiro atoms. The molecule has 1 aliphatic carbocycles. The Kier molecular flexibility index (Phi) is 5.60. The standard InChI is InChI=1S/C21H32BNO2/c1-21(2,3)18-7-11-20(12-8-18)25-19-9-5-16(6-10-19)17-13-14-23(15-17)22(4)24/h5-6,9-10,13,18,20,24H,7-8,11-12,14-15H2,1-4H3/t18-,20-. The van der Waals surface area contributed by atoms with Crippen LogP contribution in [0.4, 0.5) is 0 Å². The summed E-state index contributed by atoms with van der Waals surface area (Å²) >= 11 is 0. The summed E-state index contributed by atoms with van der Waals surface area (Å²) in [5.41, 5.74) is 2.94. The first kappa shape index (κ1) is 18.5. The Morgan fingerprint density at radius 1 is 1.08 bits per heavy atom. The molecule has 0 amide bonds. The highest BCUT2D eigenvalue weighted by atomic mass is 16.5. The van der Waals surface area contributed by atoms with Crippen molar-refractivity contribution < 1.29 is 9.76 Å². The smallest absolute Gasteiger partial charge is 0.376 e. The molecule has 3 nitrogen and oxygen atoms in total. The van der Waals surface area contributed by atoms with E-state index in [9.17, 15) is 5.02 Å². The van der Waals surface area contributed by atoms with Gasteiger partial charge in [0.2, 0.25) is 0 Å². The van der Waals surface area contributed by atoms with Gasteiger partial charge in [0.25, 0.3) is 0 Å². The third kappa shape index (κ3) is 4.68. The second-order valence-electron chi connectivity index (χ2n) is 8.77. The molecule has 25 heavy (non-hydrogen) atoms. The fourth-order valence-electron chi connectivity index (χ4n) is 4.06. The van der Waals surface area contributed by atoms with E-state index in [1.807, 2.05) is 11.6 Å². The summed E-state index contributed by atoms with van der Waals surface area (Å²) in [4.78, 5) is 2.05. The molecule has 4 heteroatoms. The van der Waals surface area contributed by atoms with Crippen molar-refractivity contribution in [3.8, 4) is 5.75 Å². The van der Waals surface area contributed by atoms with Crippen LogP contribution < -0.4 is 4.74 Å². The number of hydrogen-bond donors (Lipinski definition) is 1. The zero-order valence-electron chi connectivity index (χ0n) is 16.2. The number of nitrogens with zero attached hydrogens (tertiary/aromatic N) is 1.